The van der Waals surface area contributed by atoms with Gasteiger partial charge < -0.3 is 9.47 Å². The molecule has 0 bridgehead atoms. The van der Waals surface area contributed by atoms with Crippen molar-refractivity contribution < 1.29 is 14.3 Å². The van der Waals surface area contributed by atoms with E-state index in [0.29, 0.717) is 23.8 Å². The normalized spacial score (nSPS) is 16.4. The summed E-state index contributed by atoms with van der Waals surface area (Å²) in [6.07, 6.45) is 9.53. The number of allylic oxidation sites excluding steroid dienone is 2. The zero-order chi connectivity index (χ0) is 17.5. The number of ether oxygens (including phenoxy) is 2. The second-order valence-electron chi connectivity index (χ2n) is 6.03. The summed E-state index contributed by atoms with van der Waals surface area (Å²) in [5.74, 6) is 1.69. The van der Waals surface area contributed by atoms with Gasteiger partial charge in [0.2, 0.25) is 0 Å². The zero-order valence-corrected chi connectivity index (χ0v) is 15.1. The SMILES string of the molecule is CSc1ccccc1Oc1ccc(C(=O)OCC2CC=CCC2)cc1. The zero-order valence-electron chi connectivity index (χ0n) is 14.3. The van der Waals surface area contributed by atoms with Crippen LogP contribution in [0.15, 0.2) is 65.6 Å². The van der Waals surface area contributed by atoms with E-state index in [1.54, 1.807) is 36.0 Å². The highest BCUT2D eigenvalue weighted by Gasteiger charge is 2.14. The van der Waals surface area contributed by atoms with E-state index in [-0.39, 0.29) is 5.97 Å². The third kappa shape index (κ3) is 4.89. The number of esters is 1. The van der Waals surface area contributed by atoms with E-state index >= 15 is 0 Å². The molecule has 3 nitrogen and oxygen atoms in total. The van der Waals surface area contributed by atoms with Crippen LogP contribution in [-0.4, -0.2) is 18.8 Å². The molecule has 130 valence electrons. The Morgan fingerprint density at radius 3 is 2.64 bits per heavy atom. The van der Waals surface area contributed by atoms with E-state index in [1.165, 1.54) is 0 Å². The van der Waals surface area contributed by atoms with Gasteiger partial charge in [0.05, 0.1) is 12.2 Å². The Morgan fingerprint density at radius 1 is 1.12 bits per heavy atom. The van der Waals surface area contributed by atoms with Crippen molar-refractivity contribution in [3.05, 3.63) is 66.2 Å². The molecule has 0 N–H and O–H groups in total. The maximum absolute atomic E-state index is 12.2. The van der Waals surface area contributed by atoms with Crippen molar-refractivity contribution in [2.24, 2.45) is 5.92 Å². The first-order valence-electron chi connectivity index (χ1n) is 8.49. The number of hydrogen-bond acceptors (Lipinski definition) is 4. The van der Waals surface area contributed by atoms with Crippen molar-refractivity contribution in [2.75, 3.05) is 12.9 Å². The lowest BCUT2D eigenvalue weighted by Gasteiger charge is -2.17. The fourth-order valence-electron chi connectivity index (χ4n) is 2.77. The predicted octanol–water partition coefficient (Wildman–Crippen LogP) is 5.71. The Labute approximate surface area is 153 Å². The Hall–Kier alpha value is -2.20. The molecule has 0 fully saturated rings. The predicted molar refractivity (Wildman–Crippen MR) is 102 cm³/mol. The van der Waals surface area contributed by atoms with E-state index in [9.17, 15) is 4.79 Å². The molecule has 1 unspecified atom stereocenters. The average Bonchev–Trinajstić information content (AvgIpc) is 2.68. The number of rotatable bonds is 6. The molecule has 0 radical (unpaired) electrons. The van der Waals surface area contributed by atoms with E-state index in [0.717, 1.165) is 29.9 Å². The van der Waals surface area contributed by atoms with Crippen LogP contribution in [0.4, 0.5) is 0 Å². The van der Waals surface area contributed by atoms with Gasteiger partial charge in [0, 0.05) is 4.90 Å². The summed E-state index contributed by atoms with van der Waals surface area (Å²) < 4.78 is 11.4. The number of para-hydroxylation sites is 1. The first kappa shape index (κ1) is 17.6. The second-order valence-corrected chi connectivity index (χ2v) is 6.87. The molecular weight excluding hydrogens is 332 g/mol. The van der Waals surface area contributed by atoms with Crippen LogP contribution in [0.3, 0.4) is 0 Å². The van der Waals surface area contributed by atoms with E-state index in [1.807, 2.05) is 30.5 Å². The molecule has 1 aliphatic rings. The number of thioether (sulfide) groups is 1. The fourth-order valence-corrected chi connectivity index (χ4v) is 3.30. The van der Waals surface area contributed by atoms with Gasteiger partial charge in [-0.05, 0) is 67.8 Å². The fraction of sp³-hybridized carbons (Fsp3) is 0.286. The standard InChI is InChI=1S/C21H22O3S/c1-25-20-10-6-5-9-19(20)24-18-13-11-17(12-14-18)21(22)23-15-16-7-3-2-4-8-16/h2-3,5-6,9-14,16H,4,7-8,15H2,1H3. The van der Waals surface area contributed by atoms with Gasteiger partial charge >= 0.3 is 5.97 Å². The Kier molecular flexibility index (Phi) is 6.18. The van der Waals surface area contributed by atoms with Gasteiger partial charge in [0.15, 0.2) is 0 Å². The molecule has 2 aromatic carbocycles. The highest BCUT2D eigenvalue weighted by Crippen LogP contribution is 2.31. The molecule has 0 amide bonds. The lowest BCUT2D eigenvalue weighted by molar-refractivity contribution is 0.0432. The van der Waals surface area contributed by atoms with Gasteiger partial charge in [-0.1, -0.05) is 24.3 Å². The van der Waals surface area contributed by atoms with Crippen LogP contribution >= 0.6 is 11.8 Å². The summed E-state index contributed by atoms with van der Waals surface area (Å²) in [5.41, 5.74) is 0.553. The third-order valence-corrected chi connectivity index (χ3v) is 4.99. The maximum atomic E-state index is 12.2. The summed E-state index contributed by atoms with van der Waals surface area (Å²) >= 11 is 1.64. The maximum Gasteiger partial charge on any atom is 0.338 e. The van der Waals surface area contributed by atoms with Crippen molar-refractivity contribution in [3.8, 4) is 11.5 Å². The Balaban J connectivity index is 1.57. The van der Waals surface area contributed by atoms with Gasteiger partial charge in [0.25, 0.3) is 0 Å². The molecule has 4 heteroatoms. The first-order chi connectivity index (χ1) is 12.3. The van der Waals surface area contributed by atoms with E-state index in [4.69, 9.17) is 9.47 Å². The minimum atomic E-state index is -0.273. The largest absolute Gasteiger partial charge is 0.462 e. The molecule has 0 heterocycles. The van der Waals surface area contributed by atoms with Crippen molar-refractivity contribution in [2.45, 2.75) is 24.2 Å². The van der Waals surface area contributed by atoms with Crippen LogP contribution in [0.2, 0.25) is 0 Å². The summed E-state index contributed by atoms with van der Waals surface area (Å²) in [5, 5.41) is 0. The Morgan fingerprint density at radius 2 is 1.92 bits per heavy atom. The van der Waals surface area contributed by atoms with Crippen LogP contribution < -0.4 is 4.74 Å². The van der Waals surface area contributed by atoms with Crippen LogP contribution in [0.5, 0.6) is 11.5 Å². The second kappa shape index (κ2) is 8.77. The summed E-state index contributed by atoms with van der Waals surface area (Å²) in [7, 11) is 0. The Bertz CT molecular complexity index is 737. The van der Waals surface area contributed by atoms with Crippen molar-refractivity contribution in [1.29, 1.82) is 0 Å². The molecule has 25 heavy (non-hydrogen) atoms. The molecule has 2 aromatic rings. The lowest BCUT2D eigenvalue weighted by Crippen LogP contribution is -2.15. The van der Waals surface area contributed by atoms with Gasteiger partial charge in [-0.2, -0.15) is 0 Å². The number of benzene rings is 2. The number of carbonyl (C=O) groups excluding carboxylic acids is 1. The van der Waals surface area contributed by atoms with Crippen molar-refractivity contribution in [1.82, 2.24) is 0 Å². The van der Waals surface area contributed by atoms with Crippen LogP contribution in [-0.2, 0) is 4.74 Å². The van der Waals surface area contributed by atoms with Gasteiger partial charge in [-0.25, -0.2) is 4.79 Å². The average molecular weight is 354 g/mol. The van der Waals surface area contributed by atoms with Crippen molar-refractivity contribution in [3.63, 3.8) is 0 Å². The molecule has 1 aliphatic carbocycles. The van der Waals surface area contributed by atoms with Crippen LogP contribution in [0, 0.1) is 5.92 Å². The topological polar surface area (TPSA) is 35.5 Å². The van der Waals surface area contributed by atoms with Crippen LogP contribution in [0.1, 0.15) is 29.6 Å². The first-order valence-corrected chi connectivity index (χ1v) is 9.72. The van der Waals surface area contributed by atoms with Gasteiger partial charge in [0.1, 0.15) is 11.5 Å². The highest BCUT2D eigenvalue weighted by molar-refractivity contribution is 7.98. The monoisotopic (exact) mass is 354 g/mol. The minimum Gasteiger partial charge on any atom is -0.462 e. The molecule has 0 aliphatic heterocycles. The molecule has 0 aromatic heterocycles. The van der Waals surface area contributed by atoms with Crippen molar-refractivity contribution >= 4 is 17.7 Å². The lowest BCUT2D eigenvalue weighted by atomic mass is 9.95. The van der Waals surface area contributed by atoms with E-state index < -0.39 is 0 Å². The third-order valence-electron chi connectivity index (χ3n) is 4.21. The molecule has 1 atom stereocenters. The van der Waals surface area contributed by atoms with Crippen LogP contribution in [0.25, 0.3) is 0 Å². The van der Waals surface area contributed by atoms with E-state index in [2.05, 4.69) is 12.2 Å². The molecular formula is C21H22O3S. The molecule has 0 spiro atoms. The molecule has 0 saturated heterocycles. The summed E-state index contributed by atoms with van der Waals surface area (Å²) in [6, 6.07) is 15.0. The minimum absolute atomic E-state index is 0.273. The quantitative estimate of drug-likeness (QED) is 0.378. The van der Waals surface area contributed by atoms with Gasteiger partial charge in [-0.3, -0.25) is 0 Å². The number of carbonyl (C=O) groups is 1. The molecule has 0 saturated carbocycles. The smallest absolute Gasteiger partial charge is 0.338 e. The number of hydrogen-bond donors (Lipinski definition) is 0. The highest BCUT2D eigenvalue weighted by atomic mass is 32.2. The molecule has 3 rings (SSSR count). The van der Waals surface area contributed by atoms with Gasteiger partial charge in [-0.15, -0.1) is 11.8 Å². The summed E-state index contributed by atoms with van der Waals surface area (Å²) in [4.78, 5) is 13.2. The summed E-state index contributed by atoms with van der Waals surface area (Å²) in [6.45, 7) is 0.489.